The monoisotopic (exact) mass is 320 g/mol. The Bertz CT molecular complexity index is 493. The van der Waals surface area contributed by atoms with E-state index in [-0.39, 0.29) is 11.3 Å². The van der Waals surface area contributed by atoms with Crippen LogP contribution in [-0.4, -0.2) is 43.2 Å². The average molecular weight is 321 g/mol. The van der Waals surface area contributed by atoms with Crippen LogP contribution in [0.15, 0.2) is 29.2 Å². The van der Waals surface area contributed by atoms with Crippen LogP contribution in [0, 0.1) is 5.92 Å². The summed E-state index contributed by atoms with van der Waals surface area (Å²) in [5.74, 6) is 1.43. The highest BCUT2D eigenvalue weighted by Crippen LogP contribution is 2.26. The molecule has 0 radical (unpaired) electrons. The third-order valence-corrected chi connectivity index (χ3v) is 5.21. The lowest BCUT2D eigenvalue weighted by Gasteiger charge is -2.19. The van der Waals surface area contributed by atoms with Gasteiger partial charge in [-0.15, -0.1) is 11.8 Å². The molecule has 0 spiro atoms. The fraction of sp³-hybridized carbons (Fsp3) is 0.611. The van der Waals surface area contributed by atoms with Crippen LogP contribution in [0.2, 0.25) is 0 Å². The Kier molecular flexibility index (Phi) is 5.93. The molecule has 0 saturated carbocycles. The maximum absolute atomic E-state index is 12.3. The van der Waals surface area contributed by atoms with Crippen molar-refractivity contribution in [2.24, 2.45) is 5.92 Å². The highest BCUT2D eigenvalue weighted by molar-refractivity contribution is 8.00. The van der Waals surface area contributed by atoms with Gasteiger partial charge in [-0.2, -0.15) is 0 Å². The number of likely N-dealkylation sites (tertiary alicyclic amines) is 1. The van der Waals surface area contributed by atoms with Crippen molar-refractivity contribution < 1.29 is 4.79 Å². The molecule has 1 aliphatic heterocycles. The molecule has 122 valence electrons. The van der Waals surface area contributed by atoms with Gasteiger partial charge in [0.15, 0.2) is 0 Å². The van der Waals surface area contributed by atoms with Crippen molar-refractivity contribution >= 4 is 17.7 Å². The van der Waals surface area contributed by atoms with Crippen molar-refractivity contribution in [1.82, 2.24) is 10.2 Å². The summed E-state index contributed by atoms with van der Waals surface area (Å²) in [4.78, 5) is 15.5. The molecule has 3 nitrogen and oxygen atoms in total. The van der Waals surface area contributed by atoms with Gasteiger partial charge in [0.25, 0.3) is 0 Å². The number of benzene rings is 1. The highest BCUT2D eigenvalue weighted by Gasteiger charge is 2.25. The van der Waals surface area contributed by atoms with Gasteiger partial charge in [-0.25, -0.2) is 0 Å². The minimum atomic E-state index is 0.177. The standard InChI is InChI=1S/C18H28N2OS/c1-18(2,3)15-5-7-16(8-6-15)22-13-17(21)20-10-9-14(12-20)11-19-4/h5-8,14,19H,9-13H2,1-4H3. The molecule has 1 aliphatic rings. The third kappa shape index (κ3) is 4.75. The molecule has 4 heteroatoms. The second kappa shape index (κ2) is 7.51. The Balaban J connectivity index is 1.82. The molecule has 1 N–H and O–H groups in total. The van der Waals surface area contributed by atoms with Gasteiger partial charge < -0.3 is 10.2 Å². The summed E-state index contributed by atoms with van der Waals surface area (Å²) in [5.41, 5.74) is 1.51. The zero-order valence-electron chi connectivity index (χ0n) is 14.2. The first-order valence-corrected chi connectivity index (χ1v) is 9.04. The normalized spacial score (nSPS) is 18.7. The summed E-state index contributed by atoms with van der Waals surface area (Å²) < 4.78 is 0. The van der Waals surface area contributed by atoms with Crippen LogP contribution in [-0.2, 0) is 10.2 Å². The van der Waals surface area contributed by atoms with Crippen LogP contribution < -0.4 is 5.32 Å². The molecule has 1 fully saturated rings. The Hall–Kier alpha value is -1.00. The lowest BCUT2D eigenvalue weighted by molar-refractivity contribution is -0.127. The Morgan fingerprint density at radius 1 is 1.32 bits per heavy atom. The van der Waals surface area contributed by atoms with Crippen LogP contribution in [0.4, 0.5) is 0 Å². The largest absolute Gasteiger partial charge is 0.342 e. The van der Waals surface area contributed by atoms with Crippen LogP contribution in [0.25, 0.3) is 0 Å². The molecule has 1 amide bonds. The van der Waals surface area contributed by atoms with Crippen LogP contribution in [0.5, 0.6) is 0 Å². The fourth-order valence-corrected chi connectivity index (χ4v) is 3.60. The number of nitrogens with zero attached hydrogens (tertiary/aromatic N) is 1. The van der Waals surface area contributed by atoms with E-state index in [0.29, 0.717) is 11.7 Å². The maximum Gasteiger partial charge on any atom is 0.232 e. The number of hydrogen-bond donors (Lipinski definition) is 1. The van der Waals surface area contributed by atoms with E-state index in [1.54, 1.807) is 11.8 Å². The lowest BCUT2D eigenvalue weighted by atomic mass is 9.87. The Morgan fingerprint density at radius 3 is 2.59 bits per heavy atom. The second-order valence-electron chi connectivity index (χ2n) is 7.12. The molecule has 0 aliphatic carbocycles. The first-order chi connectivity index (χ1) is 10.4. The van der Waals surface area contributed by atoms with E-state index in [0.717, 1.165) is 26.1 Å². The minimum absolute atomic E-state index is 0.177. The quantitative estimate of drug-likeness (QED) is 0.846. The number of rotatable bonds is 5. The smallest absolute Gasteiger partial charge is 0.232 e. The van der Waals surface area contributed by atoms with E-state index in [4.69, 9.17) is 0 Å². The van der Waals surface area contributed by atoms with Gasteiger partial charge in [0.2, 0.25) is 5.91 Å². The third-order valence-electron chi connectivity index (χ3n) is 4.21. The highest BCUT2D eigenvalue weighted by atomic mass is 32.2. The minimum Gasteiger partial charge on any atom is -0.342 e. The molecule has 0 aromatic heterocycles. The molecular weight excluding hydrogens is 292 g/mol. The van der Waals surface area contributed by atoms with Crippen molar-refractivity contribution in [3.63, 3.8) is 0 Å². The summed E-state index contributed by atoms with van der Waals surface area (Å²) in [6, 6.07) is 8.61. The first-order valence-electron chi connectivity index (χ1n) is 8.06. The Labute approximate surface area is 138 Å². The lowest BCUT2D eigenvalue weighted by Crippen LogP contribution is -2.31. The zero-order valence-corrected chi connectivity index (χ0v) is 15.0. The van der Waals surface area contributed by atoms with Gasteiger partial charge in [0, 0.05) is 18.0 Å². The number of nitrogens with one attached hydrogen (secondary N) is 1. The van der Waals surface area contributed by atoms with E-state index in [1.165, 1.54) is 10.5 Å². The van der Waals surface area contributed by atoms with E-state index in [1.807, 2.05) is 11.9 Å². The summed E-state index contributed by atoms with van der Waals surface area (Å²) in [5, 5.41) is 3.20. The van der Waals surface area contributed by atoms with Crippen molar-refractivity contribution in [2.75, 3.05) is 32.4 Å². The molecule has 1 unspecified atom stereocenters. The molecule has 1 saturated heterocycles. The molecule has 1 heterocycles. The zero-order chi connectivity index (χ0) is 16.2. The van der Waals surface area contributed by atoms with Gasteiger partial charge in [-0.3, -0.25) is 4.79 Å². The van der Waals surface area contributed by atoms with E-state index < -0.39 is 0 Å². The number of amides is 1. The topological polar surface area (TPSA) is 32.3 Å². The van der Waals surface area contributed by atoms with Crippen molar-refractivity contribution in [2.45, 2.75) is 37.5 Å². The molecule has 1 aromatic carbocycles. The number of hydrogen-bond acceptors (Lipinski definition) is 3. The fourth-order valence-electron chi connectivity index (χ4n) is 2.80. The van der Waals surface area contributed by atoms with Gasteiger partial charge in [-0.1, -0.05) is 32.9 Å². The van der Waals surface area contributed by atoms with Crippen LogP contribution >= 0.6 is 11.8 Å². The maximum atomic E-state index is 12.3. The molecular formula is C18H28N2OS. The van der Waals surface area contributed by atoms with E-state index in [2.05, 4.69) is 50.4 Å². The SMILES string of the molecule is CNCC1CCN(C(=O)CSc2ccc(C(C)(C)C)cc2)C1. The molecule has 1 aromatic rings. The Morgan fingerprint density at radius 2 is 2.00 bits per heavy atom. The van der Waals surface area contributed by atoms with E-state index >= 15 is 0 Å². The van der Waals surface area contributed by atoms with Gasteiger partial charge in [-0.05, 0) is 49.0 Å². The summed E-state index contributed by atoms with van der Waals surface area (Å²) in [7, 11) is 1.97. The predicted molar refractivity (Wildman–Crippen MR) is 94.5 cm³/mol. The van der Waals surface area contributed by atoms with Gasteiger partial charge >= 0.3 is 0 Å². The second-order valence-corrected chi connectivity index (χ2v) is 8.16. The summed E-state index contributed by atoms with van der Waals surface area (Å²) >= 11 is 1.64. The van der Waals surface area contributed by atoms with Crippen LogP contribution in [0.3, 0.4) is 0 Å². The number of thioether (sulfide) groups is 1. The van der Waals surface area contributed by atoms with Crippen molar-refractivity contribution in [3.05, 3.63) is 29.8 Å². The predicted octanol–water partition coefficient (Wildman–Crippen LogP) is 3.14. The summed E-state index contributed by atoms with van der Waals surface area (Å²) in [6.45, 7) is 9.47. The molecule has 1 atom stereocenters. The van der Waals surface area contributed by atoms with Crippen LogP contribution in [0.1, 0.15) is 32.8 Å². The number of carbonyl (C=O) groups excluding carboxylic acids is 1. The first kappa shape index (κ1) is 17.4. The molecule has 0 bridgehead atoms. The summed E-state index contributed by atoms with van der Waals surface area (Å²) in [6.07, 6.45) is 1.12. The van der Waals surface area contributed by atoms with E-state index in [9.17, 15) is 4.79 Å². The van der Waals surface area contributed by atoms with Crippen molar-refractivity contribution in [1.29, 1.82) is 0 Å². The number of carbonyl (C=O) groups is 1. The molecule has 22 heavy (non-hydrogen) atoms. The molecule has 2 rings (SSSR count). The van der Waals surface area contributed by atoms with Crippen molar-refractivity contribution in [3.8, 4) is 0 Å². The van der Waals surface area contributed by atoms with Gasteiger partial charge in [0.05, 0.1) is 5.75 Å². The van der Waals surface area contributed by atoms with Gasteiger partial charge in [0.1, 0.15) is 0 Å². The average Bonchev–Trinajstić information content (AvgIpc) is 2.93.